The lowest BCUT2D eigenvalue weighted by Crippen LogP contribution is -2.50. The van der Waals surface area contributed by atoms with Crippen LogP contribution in [0.15, 0.2) is 0 Å². The highest BCUT2D eigenvalue weighted by molar-refractivity contribution is 5.88. The number of fused-ring (bicyclic) bond motifs is 2. The zero-order chi connectivity index (χ0) is 18.9. The third-order valence-electron chi connectivity index (χ3n) is 4.71. The van der Waals surface area contributed by atoms with Crippen molar-refractivity contribution < 1.29 is 37.9 Å². The van der Waals surface area contributed by atoms with Gasteiger partial charge in [0.2, 0.25) is 0 Å². The van der Waals surface area contributed by atoms with E-state index in [1.165, 1.54) is 0 Å². The van der Waals surface area contributed by atoms with E-state index < -0.39 is 36.1 Å². The van der Waals surface area contributed by atoms with Crippen LogP contribution in [0.5, 0.6) is 0 Å². The van der Waals surface area contributed by atoms with Gasteiger partial charge in [-0.1, -0.05) is 0 Å². The molecule has 3 fully saturated rings. The van der Waals surface area contributed by atoms with Crippen molar-refractivity contribution >= 4 is 17.9 Å². The molecule has 0 aromatic heterocycles. The van der Waals surface area contributed by atoms with E-state index in [-0.39, 0.29) is 32.0 Å². The number of nitrogens with one attached hydrogen (secondary N) is 2. The van der Waals surface area contributed by atoms with E-state index >= 15 is 0 Å². The van der Waals surface area contributed by atoms with Crippen molar-refractivity contribution in [3.8, 4) is 0 Å². The summed E-state index contributed by atoms with van der Waals surface area (Å²) in [5.74, 6) is -3.05. The average Bonchev–Trinajstić information content (AvgIpc) is 3.18. The molecule has 3 N–H and O–H groups in total. The minimum atomic E-state index is -4.52. The number of carboxylic acids is 1. The van der Waals surface area contributed by atoms with Crippen LogP contribution in [0, 0.1) is 0 Å². The summed E-state index contributed by atoms with van der Waals surface area (Å²) in [5, 5.41) is 12.0. The number of alkyl halides is 2. The highest BCUT2D eigenvalue weighted by atomic mass is 19.3. The molecular weight excluding hydrogens is 358 g/mol. The molecule has 3 aliphatic rings. The van der Waals surface area contributed by atoms with Crippen LogP contribution >= 0.6 is 0 Å². The predicted molar refractivity (Wildman–Crippen MR) is 79.5 cm³/mol. The molecule has 3 aliphatic heterocycles. The van der Waals surface area contributed by atoms with Gasteiger partial charge < -0.3 is 15.3 Å². The molecule has 0 radical (unpaired) electrons. The molecule has 3 heterocycles. The summed E-state index contributed by atoms with van der Waals surface area (Å²) < 4.78 is 26.5. The summed E-state index contributed by atoms with van der Waals surface area (Å²) in [6.45, 7) is 1.18. The molecule has 26 heavy (non-hydrogen) atoms. The largest absolute Gasteiger partial charge is 0.476 e. The first-order chi connectivity index (χ1) is 12.3. The summed E-state index contributed by atoms with van der Waals surface area (Å²) in [4.78, 5) is 45.4. The highest BCUT2D eigenvalue weighted by Gasteiger charge is 2.53. The number of rotatable bonds is 7. The molecule has 146 valence electrons. The van der Waals surface area contributed by atoms with E-state index in [2.05, 4.69) is 15.6 Å². The molecule has 12 heteroatoms. The van der Waals surface area contributed by atoms with Crippen molar-refractivity contribution in [2.45, 2.75) is 49.9 Å². The van der Waals surface area contributed by atoms with Gasteiger partial charge in [0.05, 0.1) is 12.6 Å². The van der Waals surface area contributed by atoms with Crippen LogP contribution in [0.25, 0.3) is 0 Å². The van der Waals surface area contributed by atoms with Crippen LogP contribution in [-0.4, -0.2) is 76.9 Å². The molecule has 0 spiro atoms. The summed E-state index contributed by atoms with van der Waals surface area (Å²) in [7, 11) is 0. The Morgan fingerprint density at radius 2 is 2.12 bits per heavy atom. The van der Waals surface area contributed by atoms with Crippen molar-refractivity contribution in [2.24, 2.45) is 0 Å². The maximum Gasteiger partial charge on any atom is 0.476 e. The number of piperidine rings is 1. The summed E-state index contributed by atoms with van der Waals surface area (Å²) in [6.07, 6.45) is -2.10. The van der Waals surface area contributed by atoms with E-state index in [9.17, 15) is 23.2 Å². The van der Waals surface area contributed by atoms with Gasteiger partial charge in [0, 0.05) is 12.6 Å². The number of carbonyl (C=O) groups is 3. The van der Waals surface area contributed by atoms with E-state index in [0.717, 1.165) is 24.3 Å². The van der Waals surface area contributed by atoms with Gasteiger partial charge in [-0.2, -0.15) is 18.7 Å². The third-order valence-corrected chi connectivity index (χ3v) is 4.71. The SMILES string of the molecule is O=C(NOC[C@H]1CCCN1)[C@@H]1CC[C@@H]2CN1C(=O)N2OC(F)(F)C(=O)O. The standard InChI is InChI=1S/C14H20F2N4O6/c15-14(16,12(22)23)26-20-9-3-4-10(19(6-9)13(20)24)11(21)18-25-7-8-2-1-5-17-8/h8-10,17H,1-7H2,(H,18,21)(H,22,23)/t8-,9-,10+/m1/s1. The Morgan fingerprint density at radius 3 is 2.77 bits per heavy atom. The molecule has 10 nitrogen and oxygen atoms in total. The van der Waals surface area contributed by atoms with Crippen molar-refractivity contribution in [1.29, 1.82) is 0 Å². The Bertz CT molecular complexity index is 586. The molecule has 3 rings (SSSR count). The van der Waals surface area contributed by atoms with Gasteiger partial charge >= 0.3 is 18.1 Å². The molecule has 3 amide bonds. The second-order valence-corrected chi connectivity index (χ2v) is 6.49. The Kier molecular flexibility index (Phi) is 5.25. The molecule has 0 unspecified atom stereocenters. The number of nitrogens with zero attached hydrogens (tertiary/aromatic N) is 2. The first kappa shape index (κ1) is 18.7. The Balaban J connectivity index is 1.55. The van der Waals surface area contributed by atoms with Crippen molar-refractivity contribution in [3.63, 3.8) is 0 Å². The summed E-state index contributed by atoms with van der Waals surface area (Å²) in [6, 6.07) is -2.43. The Hall–Kier alpha value is -2.05. The zero-order valence-corrected chi connectivity index (χ0v) is 13.8. The molecular formula is C14H20F2N4O6. The number of hydroxylamine groups is 3. The lowest BCUT2D eigenvalue weighted by Gasteiger charge is -2.29. The second kappa shape index (κ2) is 7.29. The lowest BCUT2D eigenvalue weighted by atomic mass is 10.0. The zero-order valence-electron chi connectivity index (χ0n) is 13.8. The molecule has 0 saturated carbocycles. The number of halogens is 2. The van der Waals surface area contributed by atoms with Crippen molar-refractivity contribution in [3.05, 3.63) is 0 Å². The minimum absolute atomic E-state index is 0.00317. The van der Waals surface area contributed by atoms with Crippen LogP contribution in [0.4, 0.5) is 13.6 Å². The quantitative estimate of drug-likeness (QED) is 0.519. The fourth-order valence-corrected chi connectivity index (χ4v) is 3.37. The third kappa shape index (κ3) is 3.71. The fourth-order valence-electron chi connectivity index (χ4n) is 3.37. The average molecular weight is 378 g/mol. The first-order valence-corrected chi connectivity index (χ1v) is 8.35. The van der Waals surface area contributed by atoms with Gasteiger partial charge in [-0.3, -0.25) is 9.63 Å². The lowest BCUT2D eigenvalue weighted by molar-refractivity contribution is -0.327. The minimum Gasteiger partial charge on any atom is -0.475 e. The summed E-state index contributed by atoms with van der Waals surface area (Å²) >= 11 is 0. The molecule has 2 bridgehead atoms. The van der Waals surface area contributed by atoms with Gasteiger partial charge in [0.15, 0.2) is 0 Å². The molecule has 0 aliphatic carbocycles. The van der Waals surface area contributed by atoms with Crippen LogP contribution in [0.3, 0.4) is 0 Å². The van der Waals surface area contributed by atoms with Crippen LogP contribution < -0.4 is 10.8 Å². The predicted octanol–water partition coefficient (Wildman–Crippen LogP) is -0.336. The number of aliphatic carboxylic acids is 1. The summed E-state index contributed by atoms with van der Waals surface area (Å²) in [5.41, 5.74) is 2.29. The van der Waals surface area contributed by atoms with E-state index in [0.29, 0.717) is 5.06 Å². The van der Waals surface area contributed by atoms with Crippen LogP contribution in [0.2, 0.25) is 0 Å². The molecule has 0 aromatic rings. The Morgan fingerprint density at radius 1 is 1.35 bits per heavy atom. The van der Waals surface area contributed by atoms with Gasteiger partial charge in [-0.05, 0) is 32.2 Å². The number of hydrogen-bond donors (Lipinski definition) is 3. The maximum absolute atomic E-state index is 13.3. The topological polar surface area (TPSA) is 120 Å². The molecule has 3 atom stereocenters. The second-order valence-electron chi connectivity index (χ2n) is 6.49. The van der Waals surface area contributed by atoms with E-state index in [4.69, 9.17) is 9.94 Å². The van der Waals surface area contributed by atoms with Gasteiger partial charge in [0.25, 0.3) is 5.91 Å². The highest BCUT2D eigenvalue weighted by Crippen LogP contribution is 2.33. The number of hydrogen-bond acceptors (Lipinski definition) is 6. The smallest absolute Gasteiger partial charge is 0.475 e. The number of amides is 3. The normalized spacial score (nSPS) is 28.5. The number of carboxylic acid groups (broad SMARTS) is 1. The van der Waals surface area contributed by atoms with E-state index in [1.807, 2.05) is 0 Å². The van der Waals surface area contributed by atoms with Crippen LogP contribution in [-0.2, 0) is 19.3 Å². The molecule has 0 aromatic carbocycles. The number of carbonyl (C=O) groups excluding carboxylic acids is 2. The van der Waals surface area contributed by atoms with Crippen LogP contribution in [0.1, 0.15) is 25.7 Å². The monoisotopic (exact) mass is 378 g/mol. The fraction of sp³-hybridized carbons (Fsp3) is 0.786. The number of urea groups is 1. The van der Waals surface area contributed by atoms with Gasteiger partial charge in [-0.15, -0.1) is 0 Å². The first-order valence-electron chi connectivity index (χ1n) is 8.35. The van der Waals surface area contributed by atoms with Gasteiger partial charge in [-0.25, -0.2) is 15.1 Å². The molecule has 3 saturated heterocycles. The maximum atomic E-state index is 13.3. The van der Waals surface area contributed by atoms with Gasteiger partial charge in [0.1, 0.15) is 6.04 Å². The van der Waals surface area contributed by atoms with Crippen molar-refractivity contribution in [2.75, 3.05) is 19.7 Å². The van der Waals surface area contributed by atoms with Crippen molar-refractivity contribution in [1.82, 2.24) is 20.8 Å². The van der Waals surface area contributed by atoms with E-state index in [1.54, 1.807) is 0 Å². The Labute approximate surface area is 147 Å².